The van der Waals surface area contributed by atoms with Gasteiger partial charge in [-0.05, 0) is 30.7 Å². The molecule has 3 N–H and O–H groups in total. The molecule has 5 nitrogen and oxygen atoms in total. The molecular weight excluding hydrogens is 276 g/mol. The van der Waals surface area contributed by atoms with Gasteiger partial charge in [0.25, 0.3) is 5.91 Å². The second kappa shape index (κ2) is 6.19. The van der Waals surface area contributed by atoms with Crippen molar-refractivity contribution in [3.8, 4) is 17.6 Å². The molecule has 0 aliphatic carbocycles. The van der Waals surface area contributed by atoms with Crippen LogP contribution in [0.25, 0.3) is 0 Å². The number of hydrogen-bond acceptors (Lipinski definition) is 5. The average molecular weight is 288 g/mol. The Balaban J connectivity index is 2.11. The van der Waals surface area contributed by atoms with Crippen LogP contribution in [0, 0.1) is 18.8 Å². The van der Waals surface area contributed by atoms with Crippen LogP contribution in [0.5, 0.6) is 5.75 Å². The Morgan fingerprint density at radius 1 is 1.50 bits per heavy atom. The molecule has 0 atom stereocenters. The number of anilines is 1. The van der Waals surface area contributed by atoms with Gasteiger partial charge in [0.05, 0.1) is 11.1 Å². The lowest BCUT2D eigenvalue weighted by Gasteiger charge is -2.03. The molecule has 1 aromatic carbocycles. The highest BCUT2D eigenvalue weighted by Gasteiger charge is 2.10. The number of hydrogen-bond donors (Lipinski definition) is 3. The van der Waals surface area contributed by atoms with E-state index in [4.69, 9.17) is 5.11 Å². The minimum absolute atomic E-state index is 0.150. The van der Waals surface area contributed by atoms with E-state index in [0.29, 0.717) is 21.1 Å². The van der Waals surface area contributed by atoms with Crippen molar-refractivity contribution in [2.75, 3.05) is 11.9 Å². The molecule has 20 heavy (non-hydrogen) atoms. The number of aromatic nitrogens is 1. The van der Waals surface area contributed by atoms with Crippen LogP contribution >= 0.6 is 11.3 Å². The molecule has 6 heteroatoms. The fourth-order valence-corrected chi connectivity index (χ4v) is 2.17. The number of nitrogens with zero attached hydrogens (tertiary/aromatic N) is 1. The third-order valence-electron chi connectivity index (χ3n) is 2.48. The topological polar surface area (TPSA) is 82.5 Å². The summed E-state index contributed by atoms with van der Waals surface area (Å²) in [5.74, 6) is 5.08. The number of benzene rings is 1. The fraction of sp³-hybridized carbons (Fsp3) is 0.143. The Hall–Kier alpha value is -2.36. The minimum Gasteiger partial charge on any atom is -0.508 e. The molecule has 1 aromatic heterocycles. The van der Waals surface area contributed by atoms with E-state index < -0.39 is 0 Å². The monoisotopic (exact) mass is 288 g/mol. The number of aromatic hydroxyl groups is 1. The minimum atomic E-state index is -0.302. The normalized spacial score (nSPS) is 9.70. The lowest BCUT2D eigenvalue weighted by atomic mass is 10.1. The molecule has 0 aliphatic heterocycles. The van der Waals surface area contributed by atoms with E-state index >= 15 is 0 Å². The van der Waals surface area contributed by atoms with Crippen molar-refractivity contribution < 1.29 is 15.0 Å². The molecule has 2 rings (SSSR count). The molecule has 0 bridgehead atoms. The third kappa shape index (κ3) is 3.35. The molecule has 1 amide bonds. The molecule has 2 aromatic rings. The zero-order chi connectivity index (χ0) is 14.5. The maximum atomic E-state index is 12.0. The van der Waals surface area contributed by atoms with Gasteiger partial charge in [-0.3, -0.25) is 10.1 Å². The van der Waals surface area contributed by atoms with Crippen LogP contribution < -0.4 is 5.32 Å². The standard InChI is InChI=1S/C14H12N2O3S/c1-9-7-10(4-5-12(9)18)13(19)16-14-15-8-11(20-14)3-2-6-17/h4-5,7-8,17-18H,6H2,1H3,(H,15,16,19). The van der Waals surface area contributed by atoms with Gasteiger partial charge in [-0.15, -0.1) is 0 Å². The summed E-state index contributed by atoms with van der Waals surface area (Å²) in [6, 6.07) is 4.62. The second-order valence-corrected chi connectivity index (χ2v) is 4.98. The van der Waals surface area contributed by atoms with E-state index in [2.05, 4.69) is 22.1 Å². The van der Waals surface area contributed by atoms with E-state index in [0.717, 1.165) is 0 Å². The van der Waals surface area contributed by atoms with Gasteiger partial charge >= 0.3 is 0 Å². The van der Waals surface area contributed by atoms with E-state index in [-0.39, 0.29) is 18.3 Å². The van der Waals surface area contributed by atoms with Gasteiger partial charge in [0.2, 0.25) is 0 Å². The van der Waals surface area contributed by atoms with Gasteiger partial charge in [-0.25, -0.2) is 4.98 Å². The van der Waals surface area contributed by atoms with Gasteiger partial charge in [0.15, 0.2) is 5.13 Å². The SMILES string of the molecule is Cc1cc(C(=O)Nc2ncc(C#CCO)s2)ccc1O. The first-order valence-corrected chi connectivity index (χ1v) is 6.58. The van der Waals surface area contributed by atoms with Crippen LogP contribution in [0.15, 0.2) is 24.4 Å². The molecule has 0 saturated carbocycles. The number of phenolic OH excluding ortho intramolecular Hbond substituents is 1. The number of aliphatic hydroxyl groups excluding tert-OH is 1. The summed E-state index contributed by atoms with van der Waals surface area (Å²) in [6.45, 7) is 1.50. The van der Waals surface area contributed by atoms with Crippen molar-refractivity contribution in [1.29, 1.82) is 0 Å². The summed E-state index contributed by atoms with van der Waals surface area (Å²) in [6.07, 6.45) is 1.53. The number of carbonyl (C=O) groups is 1. The Labute approximate surface area is 119 Å². The quantitative estimate of drug-likeness (QED) is 0.735. The summed E-state index contributed by atoms with van der Waals surface area (Å²) in [5, 5.41) is 21.1. The number of thiazole rings is 1. The fourth-order valence-electron chi connectivity index (χ4n) is 1.48. The zero-order valence-corrected chi connectivity index (χ0v) is 11.5. The highest BCUT2D eigenvalue weighted by Crippen LogP contribution is 2.20. The number of aryl methyl sites for hydroxylation is 1. The summed E-state index contributed by atoms with van der Waals surface area (Å²) >= 11 is 1.23. The van der Waals surface area contributed by atoms with Gasteiger partial charge in [-0.1, -0.05) is 23.2 Å². The Morgan fingerprint density at radius 3 is 3.00 bits per heavy atom. The molecule has 0 saturated heterocycles. The number of phenols is 1. The highest BCUT2D eigenvalue weighted by molar-refractivity contribution is 7.16. The lowest BCUT2D eigenvalue weighted by Crippen LogP contribution is -2.11. The van der Waals surface area contributed by atoms with Crippen molar-refractivity contribution in [3.63, 3.8) is 0 Å². The highest BCUT2D eigenvalue weighted by atomic mass is 32.1. The van der Waals surface area contributed by atoms with E-state index in [1.165, 1.54) is 29.7 Å². The summed E-state index contributed by atoms with van der Waals surface area (Å²) in [4.78, 5) is 16.7. The van der Waals surface area contributed by atoms with Gasteiger partial charge < -0.3 is 10.2 Å². The van der Waals surface area contributed by atoms with Crippen molar-refractivity contribution in [2.45, 2.75) is 6.92 Å². The van der Waals surface area contributed by atoms with Crippen LogP contribution in [-0.4, -0.2) is 27.7 Å². The van der Waals surface area contributed by atoms with Crippen molar-refractivity contribution in [2.24, 2.45) is 0 Å². The molecule has 102 valence electrons. The molecule has 0 aliphatic rings. The molecule has 0 fully saturated rings. The summed E-state index contributed by atoms with van der Waals surface area (Å²) in [7, 11) is 0. The molecule has 0 unspecified atom stereocenters. The molecular formula is C14H12N2O3S. The van der Waals surface area contributed by atoms with E-state index in [9.17, 15) is 9.90 Å². The van der Waals surface area contributed by atoms with Crippen molar-refractivity contribution in [1.82, 2.24) is 4.98 Å². The maximum absolute atomic E-state index is 12.0. The summed E-state index contributed by atoms with van der Waals surface area (Å²) < 4.78 is 0. The van der Waals surface area contributed by atoms with Crippen LogP contribution in [0.2, 0.25) is 0 Å². The van der Waals surface area contributed by atoms with Crippen LogP contribution in [-0.2, 0) is 0 Å². The average Bonchev–Trinajstić information content (AvgIpc) is 2.87. The Kier molecular flexibility index (Phi) is 4.35. The Morgan fingerprint density at radius 2 is 2.30 bits per heavy atom. The van der Waals surface area contributed by atoms with Gasteiger partial charge in [-0.2, -0.15) is 0 Å². The van der Waals surface area contributed by atoms with Gasteiger partial charge in [0, 0.05) is 5.56 Å². The van der Waals surface area contributed by atoms with Crippen LogP contribution in [0.4, 0.5) is 5.13 Å². The molecule has 0 spiro atoms. The van der Waals surface area contributed by atoms with E-state index in [1.54, 1.807) is 13.0 Å². The summed E-state index contributed by atoms with van der Waals surface area (Å²) in [5.41, 5.74) is 1.07. The van der Waals surface area contributed by atoms with Crippen LogP contribution in [0.3, 0.4) is 0 Å². The largest absolute Gasteiger partial charge is 0.508 e. The smallest absolute Gasteiger partial charge is 0.257 e. The number of amides is 1. The first-order valence-electron chi connectivity index (χ1n) is 5.76. The first-order chi connectivity index (χ1) is 9.60. The first kappa shape index (κ1) is 14.1. The second-order valence-electron chi connectivity index (χ2n) is 3.94. The predicted octanol–water partition coefficient (Wildman–Crippen LogP) is 1.75. The Bertz CT molecular complexity index is 698. The van der Waals surface area contributed by atoms with Crippen molar-refractivity contribution >= 4 is 22.4 Å². The molecule has 0 radical (unpaired) electrons. The number of nitrogens with one attached hydrogen (secondary N) is 1. The number of carbonyl (C=O) groups excluding carboxylic acids is 1. The lowest BCUT2D eigenvalue weighted by molar-refractivity contribution is 0.102. The third-order valence-corrected chi connectivity index (χ3v) is 3.30. The molecule has 1 heterocycles. The number of aliphatic hydroxyl groups is 1. The zero-order valence-electron chi connectivity index (χ0n) is 10.7. The maximum Gasteiger partial charge on any atom is 0.257 e. The van der Waals surface area contributed by atoms with Crippen LogP contribution in [0.1, 0.15) is 20.8 Å². The van der Waals surface area contributed by atoms with Crippen molar-refractivity contribution in [3.05, 3.63) is 40.4 Å². The predicted molar refractivity (Wildman–Crippen MR) is 76.9 cm³/mol. The van der Waals surface area contributed by atoms with E-state index in [1.807, 2.05) is 0 Å². The van der Waals surface area contributed by atoms with Gasteiger partial charge in [0.1, 0.15) is 12.4 Å². The number of rotatable bonds is 2.